The summed E-state index contributed by atoms with van der Waals surface area (Å²) in [6.45, 7) is 1.67. The van der Waals surface area contributed by atoms with Crippen LogP contribution in [0.25, 0.3) is 0 Å². The van der Waals surface area contributed by atoms with Crippen molar-refractivity contribution < 1.29 is 13.9 Å². The molecule has 0 aliphatic carbocycles. The van der Waals surface area contributed by atoms with Crippen LogP contribution in [0, 0.1) is 5.82 Å². The molecule has 1 N–H and O–H groups in total. The number of halogens is 1. The van der Waals surface area contributed by atoms with Gasteiger partial charge in [-0.05, 0) is 36.8 Å². The molecule has 0 bridgehead atoms. The summed E-state index contributed by atoms with van der Waals surface area (Å²) in [5.41, 5.74) is 0.988. The lowest BCUT2D eigenvalue weighted by Crippen LogP contribution is -2.30. The van der Waals surface area contributed by atoms with Gasteiger partial charge in [-0.1, -0.05) is 53.4 Å². The van der Waals surface area contributed by atoms with Crippen molar-refractivity contribution in [2.24, 2.45) is 0 Å². The summed E-state index contributed by atoms with van der Waals surface area (Å²) in [6, 6.07) is 15.5. The smallest absolute Gasteiger partial charge is 0.266 e. The number of amides is 1. The van der Waals surface area contributed by atoms with Crippen LogP contribution in [0.1, 0.15) is 12.5 Å². The van der Waals surface area contributed by atoms with Gasteiger partial charge in [0.05, 0.1) is 0 Å². The van der Waals surface area contributed by atoms with Crippen LogP contribution in [-0.4, -0.2) is 22.2 Å². The summed E-state index contributed by atoms with van der Waals surface area (Å²) in [5, 5.41) is 11.1. The van der Waals surface area contributed by atoms with E-state index in [0.717, 1.165) is 9.90 Å². The fraction of sp³-hybridized carbons (Fsp3) is 0.167. The Balaban J connectivity index is 1.51. The molecule has 1 heterocycles. The molecule has 0 spiro atoms. The minimum Gasteiger partial charge on any atom is -0.481 e. The molecular formula is C18H16FN3O2S2. The van der Waals surface area contributed by atoms with E-state index in [2.05, 4.69) is 15.5 Å². The maximum absolute atomic E-state index is 12.9. The minimum absolute atomic E-state index is 0.258. The van der Waals surface area contributed by atoms with Crippen LogP contribution in [-0.2, 0) is 10.5 Å². The number of aromatic nitrogens is 2. The number of ether oxygens (including phenoxy) is 1. The molecule has 0 aliphatic heterocycles. The predicted molar refractivity (Wildman–Crippen MR) is 101 cm³/mol. The van der Waals surface area contributed by atoms with Crippen LogP contribution >= 0.6 is 23.1 Å². The number of thioether (sulfide) groups is 1. The zero-order chi connectivity index (χ0) is 18.4. The van der Waals surface area contributed by atoms with E-state index in [-0.39, 0.29) is 11.7 Å². The van der Waals surface area contributed by atoms with Gasteiger partial charge in [0.1, 0.15) is 11.6 Å². The van der Waals surface area contributed by atoms with E-state index < -0.39 is 6.10 Å². The summed E-state index contributed by atoms with van der Waals surface area (Å²) in [5.74, 6) is 0.727. The van der Waals surface area contributed by atoms with Gasteiger partial charge in [0.25, 0.3) is 5.91 Å². The van der Waals surface area contributed by atoms with Crippen molar-refractivity contribution in [3.8, 4) is 5.75 Å². The van der Waals surface area contributed by atoms with Gasteiger partial charge in [0.2, 0.25) is 5.13 Å². The summed E-state index contributed by atoms with van der Waals surface area (Å²) < 4.78 is 19.2. The first kappa shape index (κ1) is 18.3. The Morgan fingerprint density at radius 1 is 1.19 bits per heavy atom. The first-order valence-electron chi connectivity index (χ1n) is 7.83. The lowest BCUT2D eigenvalue weighted by Gasteiger charge is -2.13. The molecule has 1 amide bonds. The summed E-state index contributed by atoms with van der Waals surface area (Å²) in [7, 11) is 0. The maximum Gasteiger partial charge on any atom is 0.266 e. The highest BCUT2D eigenvalue weighted by atomic mass is 32.2. The Morgan fingerprint density at radius 3 is 2.65 bits per heavy atom. The second-order valence-electron chi connectivity index (χ2n) is 5.35. The quantitative estimate of drug-likeness (QED) is 0.480. The highest BCUT2D eigenvalue weighted by molar-refractivity contribution is 8.00. The number of carbonyl (C=O) groups is 1. The molecular weight excluding hydrogens is 373 g/mol. The van der Waals surface area contributed by atoms with Crippen LogP contribution in [0.3, 0.4) is 0 Å². The maximum atomic E-state index is 12.9. The van der Waals surface area contributed by atoms with Gasteiger partial charge >= 0.3 is 0 Å². The molecule has 0 saturated heterocycles. The Morgan fingerprint density at radius 2 is 1.92 bits per heavy atom. The van der Waals surface area contributed by atoms with Crippen molar-refractivity contribution in [3.05, 3.63) is 66.0 Å². The Bertz CT molecular complexity index is 856. The molecule has 134 valence electrons. The summed E-state index contributed by atoms with van der Waals surface area (Å²) in [4.78, 5) is 12.2. The SMILES string of the molecule is C[C@H](Oc1ccccc1)C(=O)Nc1nnc(SCc2ccc(F)cc2)s1. The van der Waals surface area contributed by atoms with Crippen LogP contribution in [0.15, 0.2) is 58.9 Å². The number of nitrogens with zero attached hydrogens (tertiary/aromatic N) is 2. The average molecular weight is 389 g/mol. The fourth-order valence-electron chi connectivity index (χ4n) is 2.01. The number of carbonyl (C=O) groups excluding carboxylic acids is 1. The van der Waals surface area contributed by atoms with E-state index in [0.29, 0.717) is 16.6 Å². The monoisotopic (exact) mass is 389 g/mol. The lowest BCUT2D eigenvalue weighted by atomic mass is 10.2. The van der Waals surface area contributed by atoms with Crippen molar-refractivity contribution in [1.29, 1.82) is 0 Å². The molecule has 3 rings (SSSR count). The van der Waals surface area contributed by atoms with Crippen molar-refractivity contribution in [2.75, 3.05) is 5.32 Å². The zero-order valence-corrected chi connectivity index (χ0v) is 15.5. The molecule has 1 aromatic heterocycles. The van der Waals surface area contributed by atoms with E-state index in [9.17, 15) is 9.18 Å². The highest BCUT2D eigenvalue weighted by Gasteiger charge is 2.17. The average Bonchev–Trinajstić information content (AvgIpc) is 3.09. The van der Waals surface area contributed by atoms with E-state index in [1.807, 2.05) is 18.2 Å². The molecule has 1 atom stereocenters. The molecule has 0 fully saturated rings. The zero-order valence-electron chi connectivity index (χ0n) is 13.9. The highest BCUT2D eigenvalue weighted by Crippen LogP contribution is 2.28. The molecule has 0 aliphatic rings. The third kappa shape index (κ3) is 5.27. The second kappa shape index (κ2) is 8.77. The number of rotatable bonds is 7. The molecule has 0 radical (unpaired) electrons. The molecule has 5 nitrogen and oxygen atoms in total. The first-order chi connectivity index (χ1) is 12.6. The minimum atomic E-state index is -0.656. The molecule has 0 unspecified atom stereocenters. The van der Waals surface area contributed by atoms with Gasteiger partial charge in [-0.25, -0.2) is 4.39 Å². The van der Waals surface area contributed by atoms with Gasteiger partial charge < -0.3 is 4.74 Å². The normalized spacial score (nSPS) is 11.8. The van der Waals surface area contributed by atoms with Crippen LogP contribution < -0.4 is 10.1 Å². The van der Waals surface area contributed by atoms with E-state index in [1.54, 1.807) is 31.2 Å². The largest absolute Gasteiger partial charge is 0.481 e. The number of benzene rings is 2. The number of hydrogen-bond acceptors (Lipinski definition) is 6. The predicted octanol–water partition coefficient (Wildman–Crippen LogP) is 4.38. The lowest BCUT2D eigenvalue weighted by molar-refractivity contribution is -0.122. The molecule has 3 aromatic rings. The Labute approximate surface area is 158 Å². The topological polar surface area (TPSA) is 64.1 Å². The fourth-order valence-corrected chi connectivity index (χ4v) is 3.72. The van der Waals surface area contributed by atoms with Gasteiger partial charge in [-0.3, -0.25) is 10.1 Å². The van der Waals surface area contributed by atoms with Crippen molar-refractivity contribution in [3.63, 3.8) is 0 Å². The Hall–Kier alpha value is -2.45. The van der Waals surface area contributed by atoms with Crippen LogP contribution in [0.5, 0.6) is 5.75 Å². The van der Waals surface area contributed by atoms with Gasteiger partial charge in [-0.2, -0.15) is 0 Å². The Kier molecular flexibility index (Phi) is 6.19. The van der Waals surface area contributed by atoms with E-state index in [4.69, 9.17) is 4.74 Å². The number of para-hydroxylation sites is 1. The summed E-state index contributed by atoms with van der Waals surface area (Å²) in [6.07, 6.45) is -0.656. The molecule has 2 aromatic carbocycles. The van der Waals surface area contributed by atoms with Crippen molar-refractivity contribution in [2.45, 2.75) is 23.1 Å². The standard InChI is InChI=1S/C18H16FN3O2S2/c1-12(24-15-5-3-2-4-6-15)16(23)20-17-21-22-18(26-17)25-11-13-7-9-14(19)10-8-13/h2-10,12H,11H2,1H3,(H,20,21,23)/t12-/m0/s1. The van der Waals surface area contributed by atoms with E-state index in [1.165, 1.54) is 35.2 Å². The first-order valence-corrected chi connectivity index (χ1v) is 9.63. The van der Waals surface area contributed by atoms with E-state index >= 15 is 0 Å². The summed E-state index contributed by atoms with van der Waals surface area (Å²) >= 11 is 2.76. The third-order valence-corrected chi connectivity index (χ3v) is 5.38. The molecule has 8 heteroatoms. The molecule has 26 heavy (non-hydrogen) atoms. The van der Waals surface area contributed by atoms with Gasteiger partial charge in [0, 0.05) is 5.75 Å². The van der Waals surface area contributed by atoms with Crippen LogP contribution in [0.2, 0.25) is 0 Å². The van der Waals surface area contributed by atoms with Crippen molar-refractivity contribution >= 4 is 34.1 Å². The third-order valence-electron chi connectivity index (χ3n) is 3.34. The van der Waals surface area contributed by atoms with Crippen molar-refractivity contribution in [1.82, 2.24) is 10.2 Å². The van der Waals surface area contributed by atoms with Gasteiger partial charge in [0.15, 0.2) is 10.4 Å². The van der Waals surface area contributed by atoms with Crippen LogP contribution in [0.4, 0.5) is 9.52 Å². The number of hydrogen-bond donors (Lipinski definition) is 1. The van der Waals surface area contributed by atoms with Gasteiger partial charge in [-0.15, -0.1) is 10.2 Å². The second-order valence-corrected chi connectivity index (χ2v) is 7.55. The molecule has 0 saturated carbocycles. The number of nitrogens with one attached hydrogen (secondary N) is 1. The number of anilines is 1.